The van der Waals surface area contributed by atoms with Gasteiger partial charge in [-0.2, -0.15) is 0 Å². The average molecular weight is 743 g/mol. The first-order chi connectivity index (χ1) is 25.3. The lowest BCUT2D eigenvalue weighted by Gasteiger charge is -2.09. The van der Waals surface area contributed by atoms with Gasteiger partial charge in [0, 0.05) is 6.61 Å². The van der Waals surface area contributed by atoms with E-state index < -0.39 is 0 Å². The van der Waals surface area contributed by atoms with Crippen LogP contribution >= 0.6 is 0 Å². The zero-order valence-corrected chi connectivity index (χ0v) is 32.3. The molecule has 0 fully saturated rings. The number of hydrogen-bond donors (Lipinski definition) is 0. The van der Waals surface area contributed by atoms with Gasteiger partial charge < -0.3 is 61.6 Å². The minimum atomic E-state index is -0.250. The van der Waals surface area contributed by atoms with Gasteiger partial charge in [0.15, 0.2) is 0 Å². The van der Waals surface area contributed by atoms with Crippen LogP contribution in [0.4, 0.5) is 0 Å². The fourth-order valence-electron chi connectivity index (χ4n) is 4.25. The standard InChI is InChI=1S/C37H74O14/c1-3-5-6-7-8-9-10-11-13-39-15-17-41-19-21-43-23-25-45-27-29-47-31-33-49-35-36-50-34-32-48-30-28-46-26-24-44-22-20-42-18-16-40-14-12-37(38)51-4-2/h3-36H2,1-2H3. The van der Waals surface area contributed by atoms with Crippen LogP contribution in [0, 0.1) is 0 Å². The first kappa shape index (κ1) is 50.0. The number of carbonyl (C=O) groups is 1. The van der Waals surface area contributed by atoms with E-state index in [1.54, 1.807) is 6.92 Å². The van der Waals surface area contributed by atoms with Crippen LogP contribution in [0.15, 0.2) is 0 Å². The van der Waals surface area contributed by atoms with E-state index in [1.807, 2.05) is 0 Å². The second-order valence-corrected chi connectivity index (χ2v) is 11.4. The lowest BCUT2D eigenvalue weighted by Crippen LogP contribution is -2.15. The molecule has 0 atom stereocenters. The van der Waals surface area contributed by atoms with Gasteiger partial charge in [-0.05, 0) is 13.3 Å². The van der Waals surface area contributed by atoms with E-state index in [0.29, 0.717) is 159 Å². The van der Waals surface area contributed by atoms with Gasteiger partial charge in [-0.1, -0.05) is 51.9 Å². The molecular weight excluding hydrogens is 668 g/mol. The summed E-state index contributed by atoms with van der Waals surface area (Å²) in [6.07, 6.45) is 10.8. The van der Waals surface area contributed by atoms with Gasteiger partial charge >= 0.3 is 5.97 Å². The third kappa shape index (κ3) is 47.0. The summed E-state index contributed by atoms with van der Waals surface area (Å²) in [5.74, 6) is -0.250. The van der Waals surface area contributed by atoms with Crippen LogP contribution < -0.4 is 0 Å². The van der Waals surface area contributed by atoms with Gasteiger partial charge in [-0.25, -0.2) is 0 Å². The summed E-state index contributed by atoms with van der Waals surface area (Å²) < 4.78 is 70.6. The van der Waals surface area contributed by atoms with E-state index >= 15 is 0 Å². The molecule has 0 N–H and O–H groups in total. The summed E-state index contributed by atoms with van der Waals surface area (Å²) in [6, 6.07) is 0. The Labute approximate surface area is 309 Å². The van der Waals surface area contributed by atoms with E-state index in [0.717, 1.165) is 13.0 Å². The van der Waals surface area contributed by atoms with E-state index in [-0.39, 0.29) is 12.4 Å². The predicted molar refractivity (Wildman–Crippen MR) is 194 cm³/mol. The molecular formula is C37H74O14. The largest absolute Gasteiger partial charge is 0.466 e. The van der Waals surface area contributed by atoms with E-state index in [9.17, 15) is 4.79 Å². The Bertz CT molecular complexity index is 646. The number of unbranched alkanes of at least 4 members (excludes halogenated alkanes) is 7. The van der Waals surface area contributed by atoms with Gasteiger partial charge in [-0.15, -0.1) is 0 Å². The average Bonchev–Trinajstić information content (AvgIpc) is 3.13. The highest BCUT2D eigenvalue weighted by atomic mass is 16.6. The van der Waals surface area contributed by atoms with Crippen molar-refractivity contribution in [3.05, 3.63) is 0 Å². The molecule has 306 valence electrons. The quantitative estimate of drug-likeness (QED) is 0.0648. The molecule has 0 unspecified atom stereocenters. The molecule has 0 saturated heterocycles. The maximum Gasteiger partial charge on any atom is 0.308 e. The fraction of sp³-hybridized carbons (Fsp3) is 0.973. The molecule has 14 heteroatoms. The molecule has 0 spiro atoms. The van der Waals surface area contributed by atoms with Crippen molar-refractivity contribution in [1.29, 1.82) is 0 Å². The molecule has 0 rings (SSSR count). The molecule has 0 aromatic carbocycles. The van der Waals surface area contributed by atoms with Crippen molar-refractivity contribution >= 4 is 5.97 Å². The van der Waals surface area contributed by atoms with Crippen molar-refractivity contribution in [2.45, 2.75) is 71.6 Å². The summed E-state index contributed by atoms with van der Waals surface area (Å²) in [5, 5.41) is 0. The highest BCUT2D eigenvalue weighted by molar-refractivity contribution is 5.69. The van der Waals surface area contributed by atoms with Gasteiger partial charge in [0.25, 0.3) is 0 Å². The third-order valence-corrected chi connectivity index (χ3v) is 6.99. The maximum absolute atomic E-state index is 11.2. The smallest absolute Gasteiger partial charge is 0.308 e. The Kier molecular flexibility index (Phi) is 46.1. The predicted octanol–water partition coefficient (Wildman–Crippen LogP) is 4.28. The zero-order chi connectivity index (χ0) is 36.8. The van der Waals surface area contributed by atoms with Crippen LogP contribution in [-0.2, 0) is 66.4 Å². The molecule has 0 saturated carbocycles. The molecule has 0 radical (unpaired) electrons. The SMILES string of the molecule is CCCCCCCCCCOCCOCCOCCOCCOCCOCCOCCOCCOCCOCCOCCOCCC(=O)OCC. The van der Waals surface area contributed by atoms with Crippen LogP contribution in [0.2, 0.25) is 0 Å². The number of ether oxygens (including phenoxy) is 13. The zero-order valence-electron chi connectivity index (χ0n) is 32.3. The first-order valence-corrected chi connectivity index (χ1v) is 19.4. The van der Waals surface area contributed by atoms with Crippen molar-refractivity contribution < 1.29 is 66.4 Å². The van der Waals surface area contributed by atoms with Crippen molar-refractivity contribution in [3.8, 4) is 0 Å². The number of hydrogen-bond acceptors (Lipinski definition) is 14. The van der Waals surface area contributed by atoms with Crippen LogP contribution in [0.3, 0.4) is 0 Å². The highest BCUT2D eigenvalue weighted by Gasteiger charge is 2.01. The Hall–Kier alpha value is -1.01. The molecule has 51 heavy (non-hydrogen) atoms. The second kappa shape index (κ2) is 47.0. The Morgan fingerprint density at radius 2 is 0.529 bits per heavy atom. The Balaban J connectivity index is 3.06. The van der Waals surface area contributed by atoms with Crippen molar-refractivity contribution in [3.63, 3.8) is 0 Å². The number of carbonyl (C=O) groups excluding carboxylic acids is 1. The van der Waals surface area contributed by atoms with E-state index in [2.05, 4.69) is 6.92 Å². The molecule has 0 aliphatic rings. The molecule has 0 aromatic heterocycles. The summed E-state index contributed by atoms with van der Waals surface area (Å²) in [6.45, 7) is 16.9. The van der Waals surface area contributed by atoms with Gasteiger partial charge in [-0.3, -0.25) is 4.79 Å². The van der Waals surface area contributed by atoms with Gasteiger partial charge in [0.05, 0.1) is 165 Å². The van der Waals surface area contributed by atoms with Gasteiger partial charge in [0.2, 0.25) is 0 Å². The molecule has 0 heterocycles. The first-order valence-electron chi connectivity index (χ1n) is 19.4. The molecule has 0 bridgehead atoms. The number of rotatable bonds is 46. The summed E-state index contributed by atoms with van der Waals surface area (Å²) in [7, 11) is 0. The summed E-state index contributed by atoms with van der Waals surface area (Å²) in [4.78, 5) is 11.2. The molecule has 0 aliphatic heterocycles. The monoisotopic (exact) mass is 743 g/mol. The van der Waals surface area contributed by atoms with Crippen LogP contribution in [0.5, 0.6) is 0 Å². The fourth-order valence-corrected chi connectivity index (χ4v) is 4.25. The van der Waals surface area contributed by atoms with Crippen LogP contribution in [-0.4, -0.2) is 171 Å². The topological polar surface area (TPSA) is 137 Å². The lowest BCUT2D eigenvalue weighted by atomic mass is 10.1. The Morgan fingerprint density at radius 1 is 0.294 bits per heavy atom. The highest BCUT2D eigenvalue weighted by Crippen LogP contribution is 2.08. The lowest BCUT2D eigenvalue weighted by molar-refractivity contribution is -0.144. The molecule has 14 nitrogen and oxygen atoms in total. The normalized spacial score (nSPS) is 11.5. The van der Waals surface area contributed by atoms with Crippen molar-refractivity contribution in [2.24, 2.45) is 0 Å². The van der Waals surface area contributed by atoms with Crippen LogP contribution in [0.25, 0.3) is 0 Å². The third-order valence-electron chi connectivity index (χ3n) is 6.99. The molecule has 0 amide bonds. The van der Waals surface area contributed by atoms with Crippen molar-refractivity contribution in [1.82, 2.24) is 0 Å². The maximum atomic E-state index is 11.2. The van der Waals surface area contributed by atoms with E-state index in [1.165, 1.54) is 44.9 Å². The van der Waals surface area contributed by atoms with Crippen LogP contribution in [0.1, 0.15) is 71.6 Å². The summed E-state index contributed by atoms with van der Waals surface area (Å²) >= 11 is 0. The minimum absolute atomic E-state index is 0.250. The number of esters is 1. The minimum Gasteiger partial charge on any atom is -0.466 e. The second-order valence-electron chi connectivity index (χ2n) is 11.4. The summed E-state index contributed by atoms with van der Waals surface area (Å²) in [5.41, 5.74) is 0. The molecule has 0 aliphatic carbocycles. The Morgan fingerprint density at radius 3 is 0.804 bits per heavy atom. The van der Waals surface area contributed by atoms with Gasteiger partial charge in [0.1, 0.15) is 0 Å². The van der Waals surface area contributed by atoms with E-state index in [4.69, 9.17) is 61.6 Å². The molecule has 0 aromatic rings. The van der Waals surface area contributed by atoms with Crippen molar-refractivity contribution in [2.75, 3.05) is 165 Å².